The monoisotopic (exact) mass is 289 g/mol. The summed E-state index contributed by atoms with van der Waals surface area (Å²) in [5.41, 5.74) is -0.00148. The Kier molecular flexibility index (Phi) is 6.13. The van der Waals surface area contributed by atoms with Crippen LogP contribution in [0.3, 0.4) is 0 Å². The summed E-state index contributed by atoms with van der Waals surface area (Å²) in [4.78, 5) is 11.2. The molecule has 3 atom stereocenters. The van der Waals surface area contributed by atoms with Gasteiger partial charge in [0.05, 0.1) is 6.42 Å². The van der Waals surface area contributed by atoms with Crippen molar-refractivity contribution in [2.75, 3.05) is 6.54 Å². The largest absolute Gasteiger partial charge is 0.481 e. The zero-order chi connectivity index (χ0) is 13.2. The molecule has 2 saturated carbocycles. The van der Waals surface area contributed by atoms with E-state index in [1.807, 2.05) is 0 Å². The summed E-state index contributed by atoms with van der Waals surface area (Å²) in [6.45, 7) is 5.45. The molecule has 0 aliphatic heterocycles. The number of hydrogen-bond donors (Lipinski definition) is 2. The highest BCUT2D eigenvalue weighted by Gasteiger charge is 2.40. The Labute approximate surface area is 122 Å². The van der Waals surface area contributed by atoms with Crippen LogP contribution in [0.1, 0.15) is 58.8 Å². The molecule has 0 bridgehead atoms. The minimum Gasteiger partial charge on any atom is -0.481 e. The summed E-state index contributed by atoms with van der Waals surface area (Å²) >= 11 is 0. The Balaban J connectivity index is 0.00000180. The number of nitrogens with one attached hydrogen (secondary N) is 1. The average molecular weight is 290 g/mol. The third-order valence-corrected chi connectivity index (χ3v) is 4.76. The maximum atomic E-state index is 11.2. The molecule has 2 aliphatic carbocycles. The van der Waals surface area contributed by atoms with E-state index >= 15 is 0 Å². The minimum absolute atomic E-state index is 0. The Morgan fingerprint density at radius 3 is 2.26 bits per heavy atom. The van der Waals surface area contributed by atoms with Gasteiger partial charge in [-0.2, -0.15) is 0 Å². The van der Waals surface area contributed by atoms with Crippen molar-refractivity contribution in [1.29, 1.82) is 0 Å². The second-order valence-corrected chi connectivity index (χ2v) is 6.93. The molecule has 4 heteroatoms. The first-order chi connectivity index (χ1) is 8.49. The van der Waals surface area contributed by atoms with Crippen LogP contribution in [-0.4, -0.2) is 23.7 Å². The molecule has 0 saturated heterocycles. The normalized spacial score (nSPS) is 35.3. The maximum Gasteiger partial charge on any atom is 0.303 e. The average Bonchev–Trinajstić information content (AvgIpc) is 2.11. The van der Waals surface area contributed by atoms with Crippen molar-refractivity contribution in [3.8, 4) is 0 Å². The predicted molar refractivity (Wildman–Crippen MR) is 79.8 cm³/mol. The molecule has 3 nitrogen and oxygen atoms in total. The van der Waals surface area contributed by atoms with Gasteiger partial charge in [-0.1, -0.05) is 20.3 Å². The number of carboxylic acids is 1. The van der Waals surface area contributed by atoms with Crippen molar-refractivity contribution in [2.24, 2.45) is 17.3 Å². The highest BCUT2D eigenvalue weighted by Crippen LogP contribution is 2.44. The number of aliphatic carboxylic acids is 1. The highest BCUT2D eigenvalue weighted by atomic mass is 35.5. The molecule has 0 amide bonds. The van der Waals surface area contributed by atoms with E-state index in [9.17, 15) is 9.90 Å². The van der Waals surface area contributed by atoms with E-state index in [1.54, 1.807) is 0 Å². The molecule has 2 N–H and O–H groups in total. The second kappa shape index (κ2) is 6.94. The van der Waals surface area contributed by atoms with Crippen LogP contribution in [-0.2, 0) is 4.79 Å². The molecule has 0 aromatic carbocycles. The molecule has 2 rings (SSSR count). The van der Waals surface area contributed by atoms with Gasteiger partial charge in [0.25, 0.3) is 0 Å². The molecule has 0 heterocycles. The van der Waals surface area contributed by atoms with Gasteiger partial charge < -0.3 is 10.4 Å². The SMILES string of the molecule is C[C@@H]1C[C@H](C)CC(CNC2CCC2)(CC(=O)O)C1.Cl. The van der Waals surface area contributed by atoms with E-state index in [0.717, 1.165) is 19.4 Å². The zero-order valence-electron chi connectivity index (χ0n) is 12.2. The van der Waals surface area contributed by atoms with E-state index in [2.05, 4.69) is 19.2 Å². The fourth-order valence-electron chi connectivity index (χ4n) is 4.06. The first-order valence-corrected chi connectivity index (χ1v) is 7.44. The van der Waals surface area contributed by atoms with Gasteiger partial charge in [-0.05, 0) is 49.4 Å². The summed E-state index contributed by atoms with van der Waals surface area (Å²) in [5.74, 6) is 0.694. The van der Waals surface area contributed by atoms with Crippen LogP contribution in [0.25, 0.3) is 0 Å². The topological polar surface area (TPSA) is 49.3 Å². The van der Waals surface area contributed by atoms with Crippen LogP contribution in [0.15, 0.2) is 0 Å². The lowest BCUT2D eigenvalue weighted by Crippen LogP contribution is -2.46. The van der Waals surface area contributed by atoms with Crippen LogP contribution in [0, 0.1) is 17.3 Å². The summed E-state index contributed by atoms with van der Waals surface area (Å²) in [7, 11) is 0. The molecule has 0 radical (unpaired) electrons. The molecular weight excluding hydrogens is 262 g/mol. The van der Waals surface area contributed by atoms with Crippen molar-refractivity contribution in [3.05, 3.63) is 0 Å². The molecule has 0 spiro atoms. The third-order valence-electron chi connectivity index (χ3n) is 4.76. The first kappa shape index (κ1) is 16.8. The number of halogens is 1. The van der Waals surface area contributed by atoms with Gasteiger partial charge in [-0.15, -0.1) is 12.4 Å². The summed E-state index contributed by atoms with van der Waals surface area (Å²) in [5, 5.41) is 12.8. The molecule has 19 heavy (non-hydrogen) atoms. The lowest BCUT2D eigenvalue weighted by atomic mass is 9.64. The van der Waals surface area contributed by atoms with Crippen LogP contribution in [0.4, 0.5) is 0 Å². The van der Waals surface area contributed by atoms with Crippen molar-refractivity contribution < 1.29 is 9.90 Å². The van der Waals surface area contributed by atoms with E-state index in [1.165, 1.54) is 25.7 Å². The summed E-state index contributed by atoms with van der Waals surface area (Å²) in [6.07, 6.45) is 7.61. The predicted octanol–water partition coefficient (Wildman–Crippen LogP) is 3.47. The molecule has 0 aromatic rings. The van der Waals surface area contributed by atoms with Gasteiger partial charge in [0.2, 0.25) is 0 Å². The molecule has 2 fully saturated rings. The Hall–Kier alpha value is -0.280. The summed E-state index contributed by atoms with van der Waals surface area (Å²) < 4.78 is 0. The molecule has 2 aliphatic rings. The fraction of sp³-hybridized carbons (Fsp3) is 0.933. The van der Waals surface area contributed by atoms with Gasteiger partial charge in [0.15, 0.2) is 0 Å². The van der Waals surface area contributed by atoms with Gasteiger partial charge in [-0.3, -0.25) is 4.79 Å². The smallest absolute Gasteiger partial charge is 0.303 e. The van der Waals surface area contributed by atoms with Gasteiger partial charge in [-0.25, -0.2) is 0 Å². The Morgan fingerprint density at radius 1 is 1.26 bits per heavy atom. The van der Waals surface area contributed by atoms with Crippen molar-refractivity contribution in [1.82, 2.24) is 5.32 Å². The van der Waals surface area contributed by atoms with Crippen molar-refractivity contribution >= 4 is 18.4 Å². The van der Waals surface area contributed by atoms with Crippen molar-refractivity contribution in [3.63, 3.8) is 0 Å². The van der Waals surface area contributed by atoms with Crippen LogP contribution < -0.4 is 5.32 Å². The maximum absolute atomic E-state index is 11.2. The Bertz CT molecular complexity index is 295. The first-order valence-electron chi connectivity index (χ1n) is 7.44. The second-order valence-electron chi connectivity index (χ2n) is 6.93. The highest BCUT2D eigenvalue weighted by molar-refractivity contribution is 5.85. The molecule has 1 unspecified atom stereocenters. The minimum atomic E-state index is -0.633. The van der Waals surface area contributed by atoms with Crippen LogP contribution in [0.2, 0.25) is 0 Å². The summed E-state index contributed by atoms with van der Waals surface area (Å²) in [6, 6.07) is 0.656. The number of carbonyl (C=O) groups is 1. The van der Waals surface area contributed by atoms with Gasteiger partial charge >= 0.3 is 5.97 Å². The third kappa shape index (κ3) is 4.64. The van der Waals surface area contributed by atoms with E-state index in [4.69, 9.17) is 0 Å². The van der Waals surface area contributed by atoms with Gasteiger partial charge in [0.1, 0.15) is 0 Å². The molecule has 0 aromatic heterocycles. The Morgan fingerprint density at radius 2 is 1.84 bits per heavy atom. The lowest BCUT2D eigenvalue weighted by molar-refractivity contribution is -0.141. The quantitative estimate of drug-likeness (QED) is 0.815. The standard InChI is InChI=1S/C15H27NO2.ClH/c1-11-6-12(2)8-15(7-11,9-14(17)18)10-16-13-4-3-5-13;/h11-13,16H,3-10H2,1-2H3,(H,17,18);1H/t11-,12+,15?;. The number of carboxylic acid groups (broad SMARTS) is 1. The van der Waals surface area contributed by atoms with Crippen molar-refractivity contribution in [2.45, 2.75) is 64.8 Å². The lowest BCUT2D eigenvalue weighted by Gasteiger charge is -2.44. The molecule has 112 valence electrons. The fourth-order valence-corrected chi connectivity index (χ4v) is 4.06. The zero-order valence-corrected chi connectivity index (χ0v) is 13.0. The van der Waals surface area contributed by atoms with E-state index in [0.29, 0.717) is 24.3 Å². The van der Waals surface area contributed by atoms with Crippen LogP contribution >= 0.6 is 12.4 Å². The number of hydrogen-bond acceptors (Lipinski definition) is 2. The van der Waals surface area contributed by atoms with E-state index < -0.39 is 5.97 Å². The number of rotatable bonds is 5. The van der Waals surface area contributed by atoms with E-state index in [-0.39, 0.29) is 17.8 Å². The molecular formula is C15H28ClNO2. The van der Waals surface area contributed by atoms with Crippen LogP contribution in [0.5, 0.6) is 0 Å². The van der Waals surface area contributed by atoms with Gasteiger partial charge in [0, 0.05) is 12.6 Å².